The van der Waals surface area contributed by atoms with Crippen LogP contribution in [0.4, 0.5) is 8.78 Å². The molecule has 0 heterocycles. The van der Waals surface area contributed by atoms with Crippen molar-refractivity contribution in [2.45, 2.75) is 6.42 Å². The van der Waals surface area contributed by atoms with E-state index in [9.17, 15) is 13.3 Å². The Balaban J connectivity index is 3.20. The number of hydrogen-bond donors (Lipinski definition) is 0. The molecular weight excluding hydrogens is 170 g/mol. The fourth-order valence-electron chi connectivity index (χ4n) is 0.261. The molecule has 5 heteroatoms. The minimum absolute atomic E-state index is 0.0679. The highest BCUT2D eigenvalue weighted by Gasteiger charge is 1.98. The van der Waals surface area contributed by atoms with Gasteiger partial charge in [-0.1, -0.05) is 0 Å². The van der Waals surface area contributed by atoms with Crippen LogP contribution in [0, 0.1) is 0 Å². The second-order valence-electron chi connectivity index (χ2n) is 1.28. The van der Waals surface area contributed by atoms with Crippen LogP contribution in [0.3, 0.4) is 0 Å². The summed E-state index contributed by atoms with van der Waals surface area (Å²) in [6.07, 6.45) is -0.990. The molecule has 0 saturated carbocycles. The summed E-state index contributed by atoms with van der Waals surface area (Å²) in [6, 6.07) is 0. The smallest absolute Gasteiger partial charge is 0.266 e. The van der Waals surface area contributed by atoms with Crippen LogP contribution in [0.2, 0.25) is 0 Å². The number of allylic oxidation sites excluding steroid dienone is 1. The highest BCUT2D eigenvalue weighted by molar-refractivity contribution is 8.13. The van der Waals surface area contributed by atoms with E-state index in [4.69, 9.17) is 10.7 Å². The molecule has 0 N–H and O–H groups in total. The molecule has 0 aromatic rings. The van der Waals surface area contributed by atoms with Crippen molar-refractivity contribution in [3.8, 4) is 0 Å². The van der Waals surface area contributed by atoms with Crippen molar-refractivity contribution in [2.24, 2.45) is 0 Å². The van der Waals surface area contributed by atoms with Gasteiger partial charge in [0.25, 0.3) is 6.08 Å². The van der Waals surface area contributed by atoms with E-state index in [0.717, 1.165) is 0 Å². The van der Waals surface area contributed by atoms with Gasteiger partial charge in [-0.3, -0.25) is 0 Å². The highest BCUT2D eigenvalue weighted by Crippen LogP contribution is 2.03. The molecule has 0 saturated heterocycles. The molecule has 0 aliphatic carbocycles. The van der Waals surface area contributed by atoms with Gasteiger partial charge in [-0.05, 0) is 6.08 Å². The normalized spacial score (nSPS) is 12.9. The molecule has 0 aliphatic rings. The van der Waals surface area contributed by atoms with Gasteiger partial charge < -0.3 is 4.55 Å². The van der Waals surface area contributed by atoms with E-state index >= 15 is 0 Å². The predicted octanol–water partition coefficient (Wildman–Crippen LogP) is 2.06. The fourth-order valence-corrected chi connectivity index (χ4v) is 0.831. The molecule has 0 rings (SSSR count). The van der Waals surface area contributed by atoms with E-state index in [1.807, 2.05) is 0 Å². The summed E-state index contributed by atoms with van der Waals surface area (Å²) in [4.78, 5) is 0. The van der Waals surface area contributed by atoms with Crippen molar-refractivity contribution in [3.63, 3.8) is 0 Å². The molecule has 0 amide bonds. The molecule has 1 atom stereocenters. The van der Waals surface area contributed by atoms with Crippen molar-refractivity contribution in [2.75, 3.05) is 5.75 Å². The molecule has 0 aromatic heterocycles. The average Bonchev–Trinajstić information content (AvgIpc) is 1.63. The lowest BCUT2D eigenvalue weighted by atomic mass is 10.5. The Morgan fingerprint density at radius 1 is 1.67 bits per heavy atom. The Bertz CT molecular complexity index is 103. The lowest BCUT2D eigenvalue weighted by Gasteiger charge is -1.94. The predicted molar refractivity (Wildman–Crippen MR) is 33.8 cm³/mol. The first-order valence-corrected chi connectivity index (χ1v) is 4.33. The Hall–Kier alpha value is 0.200. The van der Waals surface area contributed by atoms with Crippen LogP contribution in [-0.4, -0.2) is 10.3 Å². The van der Waals surface area contributed by atoms with Crippen molar-refractivity contribution >= 4 is 21.1 Å². The zero-order valence-corrected chi connectivity index (χ0v) is 6.01. The first-order valence-electron chi connectivity index (χ1n) is 2.18. The summed E-state index contributed by atoms with van der Waals surface area (Å²) >= 11 is 0. The molecular formula is C4H5ClF2OS. The van der Waals surface area contributed by atoms with Gasteiger partial charge in [-0.15, -0.1) is 0 Å². The van der Waals surface area contributed by atoms with Gasteiger partial charge in [-0.25, -0.2) is 0 Å². The second kappa shape index (κ2) is 5.02. The van der Waals surface area contributed by atoms with Crippen molar-refractivity contribution < 1.29 is 13.3 Å². The third-order valence-corrected chi connectivity index (χ3v) is 1.60. The lowest BCUT2D eigenvalue weighted by molar-refractivity contribution is 0.418. The third kappa shape index (κ3) is 8.20. The van der Waals surface area contributed by atoms with E-state index in [2.05, 4.69) is 0 Å². The summed E-state index contributed by atoms with van der Waals surface area (Å²) < 4.78 is 32.4. The van der Waals surface area contributed by atoms with Crippen molar-refractivity contribution in [1.29, 1.82) is 0 Å². The zero-order chi connectivity index (χ0) is 7.28. The van der Waals surface area contributed by atoms with E-state index in [0.29, 0.717) is 6.08 Å². The van der Waals surface area contributed by atoms with Gasteiger partial charge >= 0.3 is 0 Å². The van der Waals surface area contributed by atoms with Gasteiger partial charge in [0.15, 0.2) is 10.7 Å². The highest BCUT2D eigenvalue weighted by atomic mass is 35.7. The van der Waals surface area contributed by atoms with E-state index in [1.165, 1.54) is 0 Å². The maximum atomic E-state index is 11.2. The number of halogens is 3. The van der Waals surface area contributed by atoms with Crippen LogP contribution in [-0.2, 0) is 10.4 Å². The molecule has 54 valence electrons. The zero-order valence-electron chi connectivity index (χ0n) is 4.44. The Morgan fingerprint density at radius 2 is 2.22 bits per heavy atom. The first kappa shape index (κ1) is 9.20. The number of rotatable bonds is 3. The molecule has 0 radical (unpaired) electrons. The Labute approximate surface area is 59.4 Å². The number of hydrogen-bond acceptors (Lipinski definition) is 1. The third-order valence-electron chi connectivity index (χ3n) is 0.577. The van der Waals surface area contributed by atoms with Gasteiger partial charge in [-0.2, -0.15) is 8.78 Å². The molecule has 0 aromatic carbocycles. The summed E-state index contributed by atoms with van der Waals surface area (Å²) in [5.74, 6) is 0.0822. The summed E-state index contributed by atoms with van der Waals surface area (Å²) in [5.41, 5.74) is 0. The van der Waals surface area contributed by atoms with E-state index < -0.39 is 16.5 Å². The van der Waals surface area contributed by atoms with E-state index in [1.54, 1.807) is 0 Å². The molecule has 0 bridgehead atoms. The summed E-state index contributed by atoms with van der Waals surface area (Å²) in [5, 5.41) is 0. The largest absolute Gasteiger partial charge is 0.599 e. The lowest BCUT2D eigenvalue weighted by Crippen LogP contribution is -1.94. The minimum Gasteiger partial charge on any atom is -0.599 e. The SMILES string of the molecule is [O-][S+](Cl)CCC=C(F)F. The van der Waals surface area contributed by atoms with Crippen molar-refractivity contribution in [1.82, 2.24) is 0 Å². The molecule has 0 aliphatic heterocycles. The molecule has 0 spiro atoms. The maximum Gasteiger partial charge on any atom is 0.266 e. The minimum atomic E-state index is -1.75. The first-order chi connectivity index (χ1) is 4.13. The molecule has 1 unspecified atom stereocenters. The second-order valence-corrected chi connectivity index (χ2v) is 3.30. The average molecular weight is 175 g/mol. The van der Waals surface area contributed by atoms with Crippen LogP contribution >= 0.6 is 10.7 Å². The summed E-state index contributed by atoms with van der Waals surface area (Å²) in [6.45, 7) is 0. The Kier molecular flexibility index (Phi) is 5.13. The molecule has 9 heavy (non-hydrogen) atoms. The van der Waals surface area contributed by atoms with Crippen LogP contribution in [0.25, 0.3) is 0 Å². The van der Waals surface area contributed by atoms with Crippen molar-refractivity contribution in [3.05, 3.63) is 12.2 Å². The van der Waals surface area contributed by atoms with E-state index in [-0.39, 0.29) is 12.2 Å². The fraction of sp³-hybridized carbons (Fsp3) is 0.500. The van der Waals surface area contributed by atoms with Crippen LogP contribution in [0.15, 0.2) is 12.2 Å². The Morgan fingerprint density at radius 3 is 2.56 bits per heavy atom. The van der Waals surface area contributed by atoms with Crippen LogP contribution < -0.4 is 0 Å². The standard InChI is InChI=1S/C4H5ClF2OS/c5-9(8)3-1-2-4(6)7/h2H,1,3H2. The van der Waals surface area contributed by atoms with Gasteiger partial charge in [0.05, 0.1) is 10.4 Å². The van der Waals surface area contributed by atoms with Gasteiger partial charge in [0.2, 0.25) is 0 Å². The monoisotopic (exact) mass is 174 g/mol. The molecule has 1 nitrogen and oxygen atoms in total. The summed E-state index contributed by atoms with van der Waals surface area (Å²) in [7, 11) is 3.47. The topological polar surface area (TPSA) is 23.1 Å². The maximum absolute atomic E-state index is 11.2. The van der Waals surface area contributed by atoms with Gasteiger partial charge in [0, 0.05) is 6.42 Å². The quantitative estimate of drug-likeness (QED) is 0.601. The molecule has 0 fully saturated rings. The van der Waals surface area contributed by atoms with Gasteiger partial charge in [0.1, 0.15) is 5.75 Å². The van der Waals surface area contributed by atoms with Crippen LogP contribution in [0.1, 0.15) is 6.42 Å². The van der Waals surface area contributed by atoms with Crippen LogP contribution in [0.5, 0.6) is 0 Å².